The number of hydrogen-bond acceptors (Lipinski definition) is 5. The summed E-state index contributed by atoms with van der Waals surface area (Å²) in [5.41, 5.74) is 0.546. The number of halogens is 1. The second-order valence-electron chi connectivity index (χ2n) is 5.55. The molecule has 1 aromatic carbocycles. The van der Waals surface area contributed by atoms with Gasteiger partial charge in [-0.05, 0) is 34.5 Å². The number of rotatable bonds is 8. The van der Waals surface area contributed by atoms with Gasteiger partial charge in [0.05, 0.1) is 31.4 Å². The van der Waals surface area contributed by atoms with Crippen molar-refractivity contribution >= 4 is 21.8 Å². The molecule has 7 heteroatoms. The van der Waals surface area contributed by atoms with Crippen LogP contribution in [-0.2, 0) is 4.74 Å². The topological polar surface area (TPSA) is 60.0 Å². The fraction of sp³-hybridized carbons (Fsp3) is 0.588. The van der Waals surface area contributed by atoms with Crippen molar-refractivity contribution in [3.63, 3.8) is 0 Å². The van der Waals surface area contributed by atoms with Gasteiger partial charge in [0.15, 0.2) is 11.5 Å². The van der Waals surface area contributed by atoms with E-state index >= 15 is 0 Å². The SMILES string of the molecule is CCCOc1c(Br)cc(C(=O)NCCN2CCOCC2)cc1OC. The summed E-state index contributed by atoms with van der Waals surface area (Å²) in [5, 5.41) is 2.95. The molecule has 1 heterocycles. The largest absolute Gasteiger partial charge is 0.493 e. The summed E-state index contributed by atoms with van der Waals surface area (Å²) in [6, 6.07) is 3.47. The lowest BCUT2D eigenvalue weighted by Crippen LogP contribution is -2.41. The number of morpholine rings is 1. The molecule has 0 saturated carbocycles. The van der Waals surface area contributed by atoms with Crippen LogP contribution in [0.3, 0.4) is 0 Å². The summed E-state index contributed by atoms with van der Waals surface area (Å²) in [5.74, 6) is 1.06. The van der Waals surface area contributed by atoms with Crippen LogP contribution in [0.1, 0.15) is 23.7 Å². The van der Waals surface area contributed by atoms with E-state index in [-0.39, 0.29) is 5.91 Å². The van der Waals surface area contributed by atoms with Gasteiger partial charge >= 0.3 is 0 Å². The molecule has 0 aliphatic carbocycles. The zero-order valence-corrected chi connectivity index (χ0v) is 15.9. The molecule has 1 amide bonds. The lowest BCUT2D eigenvalue weighted by Gasteiger charge is -2.26. The first-order valence-corrected chi connectivity index (χ1v) is 9.03. The van der Waals surface area contributed by atoms with Gasteiger partial charge in [-0.3, -0.25) is 9.69 Å². The van der Waals surface area contributed by atoms with Gasteiger partial charge in [-0.1, -0.05) is 6.92 Å². The normalized spacial score (nSPS) is 15.1. The Labute approximate surface area is 151 Å². The van der Waals surface area contributed by atoms with Gasteiger partial charge in [0.1, 0.15) is 0 Å². The van der Waals surface area contributed by atoms with E-state index in [0.29, 0.717) is 34.7 Å². The summed E-state index contributed by atoms with van der Waals surface area (Å²) in [4.78, 5) is 14.6. The smallest absolute Gasteiger partial charge is 0.251 e. The quantitative estimate of drug-likeness (QED) is 0.725. The lowest BCUT2D eigenvalue weighted by atomic mass is 10.2. The number of benzene rings is 1. The molecule has 0 aromatic heterocycles. The number of carbonyl (C=O) groups excluding carboxylic acids is 1. The van der Waals surface area contributed by atoms with E-state index in [2.05, 4.69) is 26.1 Å². The molecule has 1 N–H and O–H groups in total. The van der Waals surface area contributed by atoms with Crippen molar-refractivity contribution in [1.82, 2.24) is 10.2 Å². The first-order chi connectivity index (χ1) is 11.7. The van der Waals surface area contributed by atoms with Crippen molar-refractivity contribution in [3.8, 4) is 11.5 Å². The van der Waals surface area contributed by atoms with Crippen LogP contribution >= 0.6 is 15.9 Å². The second kappa shape index (κ2) is 9.86. The summed E-state index contributed by atoms with van der Waals surface area (Å²) < 4.78 is 17.1. The highest BCUT2D eigenvalue weighted by Gasteiger charge is 2.16. The average molecular weight is 401 g/mol. The Morgan fingerprint density at radius 1 is 1.38 bits per heavy atom. The molecule has 0 bridgehead atoms. The number of ether oxygens (including phenoxy) is 3. The molecular weight excluding hydrogens is 376 g/mol. The molecule has 24 heavy (non-hydrogen) atoms. The van der Waals surface area contributed by atoms with E-state index in [9.17, 15) is 4.79 Å². The fourth-order valence-electron chi connectivity index (χ4n) is 2.45. The minimum atomic E-state index is -0.121. The van der Waals surface area contributed by atoms with Crippen molar-refractivity contribution in [2.24, 2.45) is 0 Å². The highest BCUT2D eigenvalue weighted by molar-refractivity contribution is 9.10. The third-order valence-corrected chi connectivity index (χ3v) is 4.35. The zero-order valence-electron chi connectivity index (χ0n) is 14.3. The van der Waals surface area contributed by atoms with Crippen LogP contribution in [0.4, 0.5) is 0 Å². The van der Waals surface area contributed by atoms with E-state index in [1.54, 1.807) is 19.2 Å². The summed E-state index contributed by atoms with van der Waals surface area (Å²) in [6.45, 7) is 7.42. The zero-order chi connectivity index (χ0) is 17.4. The molecule has 0 radical (unpaired) electrons. The molecule has 1 aromatic rings. The van der Waals surface area contributed by atoms with Gasteiger partial charge in [0, 0.05) is 31.7 Å². The fourth-order valence-corrected chi connectivity index (χ4v) is 3.01. The Balaban J connectivity index is 1.94. The predicted octanol–water partition coefficient (Wildman–Crippen LogP) is 2.31. The highest BCUT2D eigenvalue weighted by Crippen LogP contribution is 2.36. The van der Waals surface area contributed by atoms with Gasteiger partial charge in [-0.25, -0.2) is 0 Å². The lowest BCUT2D eigenvalue weighted by molar-refractivity contribution is 0.0383. The van der Waals surface area contributed by atoms with Crippen LogP contribution in [0.2, 0.25) is 0 Å². The van der Waals surface area contributed by atoms with Gasteiger partial charge in [0.25, 0.3) is 5.91 Å². The number of methoxy groups -OCH3 is 1. The number of amides is 1. The number of nitrogens with one attached hydrogen (secondary N) is 1. The van der Waals surface area contributed by atoms with Crippen LogP contribution in [0, 0.1) is 0 Å². The molecule has 1 saturated heterocycles. The Morgan fingerprint density at radius 2 is 2.12 bits per heavy atom. The van der Waals surface area contributed by atoms with Crippen LogP contribution in [0.15, 0.2) is 16.6 Å². The Bertz CT molecular complexity index is 548. The Kier molecular flexibility index (Phi) is 7.81. The maximum atomic E-state index is 12.4. The predicted molar refractivity (Wildman–Crippen MR) is 96.1 cm³/mol. The van der Waals surface area contributed by atoms with Crippen LogP contribution in [0.5, 0.6) is 11.5 Å². The van der Waals surface area contributed by atoms with Gasteiger partial charge in [-0.15, -0.1) is 0 Å². The van der Waals surface area contributed by atoms with Crippen molar-refractivity contribution in [2.75, 3.05) is 53.1 Å². The summed E-state index contributed by atoms with van der Waals surface area (Å²) in [6.07, 6.45) is 0.902. The minimum absolute atomic E-state index is 0.121. The standard InChI is InChI=1S/C17H25BrN2O4/c1-3-8-24-16-14(18)11-13(12-15(16)22-2)17(21)19-4-5-20-6-9-23-10-7-20/h11-12H,3-10H2,1-2H3,(H,19,21). The van der Waals surface area contributed by atoms with E-state index in [1.165, 1.54) is 0 Å². The highest BCUT2D eigenvalue weighted by atomic mass is 79.9. The van der Waals surface area contributed by atoms with Gasteiger partial charge < -0.3 is 19.5 Å². The van der Waals surface area contributed by atoms with Crippen LogP contribution < -0.4 is 14.8 Å². The van der Waals surface area contributed by atoms with Crippen molar-refractivity contribution in [3.05, 3.63) is 22.2 Å². The molecule has 1 fully saturated rings. The summed E-state index contributed by atoms with van der Waals surface area (Å²) >= 11 is 3.46. The number of nitrogens with zero attached hydrogens (tertiary/aromatic N) is 1. The van der Waals surface area contributed by atoms with E-state index in [1.807, 2.05) is 6.92 Å². The summed E-state index contributed by atoms with van der Waals surface area (Å²) in [7, 11) is 1.57. The van der Waals surface area contributed by atoms with Gasteiger partial charge in [-0.2, -0.15) is 0 Å². The number of hydrogen-bond donors (Lipinski definition) is 1. The first-order valence-electron chi connectivity index (χ1n) is 8.24. The molecular formula is C17H25BrN2O4. The van der Waals surface area contributed by atoms with E-state index in [4.69, 9.17) is 14.2 Å². The molecule has 1 aliphatic heterocycles. The van der Waals surface area contributed by atoms with Crippen molar-refractivity contribution in [1.29, 1.82) is 0 Å². The second-order valence-corrected chi connectivity index (χ2v) is 6.40. The molecule has 134 valence electrons. The molecule has 1 aliphatic rings. The van der Waals surface area contributed by atoms with E-state index in [0.717, 1.165) is 39.3 Å². The first kappa shape index (κ1) is 19.0. The van der Waals surface area contributed by atoms with Crippen molar-refractivity contribution in [2.45, 2.75) is 13.3 Å². The molecule has 0 spiro atoms. The number of carbonyl (C=O) groups is 1. The van der Waals surface area contributed by atoms with Gasteiger partial charge in [0.2, 0.25) is 0 Å². The maximum Gasteiger partial charge on any atom is 0.251 e. The molecule has 0 atom stereocenters. The third-order valence-electron chi connectivity index (χ3n) is 3.76. The minimum Gasteiger partial charge on any atom is -0.493 e. The molecule has 2 rings (SSSR count). The Morgan fingerprint density at radius 3 is 2.79 bits per heavy atom. The maximum absolute atomic E-state index is 12.4. The van der Waals surface area contributed by atoms with E-state index < -0.39 is 0 Å². The van der Waals surface area contributed by atoms with Crippen LogP contribution in [0.25, 0.3) is 0 Å². The third kappa shape index (κ3) is 5.36. The Hall–Kier alpha value is -1.31. The van der Waals surface area contributed by atoms with Crippen LogP contribution in [-0.4, -0.2) is 63.9 Å². The monoisotopic (exact) mass is 400 g/mol. The molecule has 6 nitrogen and oxygen atoms in total. The van der Waals surface area contributed by atoms with Crippen molar-refractivity contribution < 1.29 is 19.0 Å². The average Bonchev–Trinajstić information content (AvgIpc) is 2.60. The molecule has 0 unspecified atom stereocenters.